The predicted molar refractivity (Wildman–Crippen MR) is 87.7 cm³/mol. The van der Waals surface area contributed by atoms with Crippen molar-refractivity contribution < 1.29 is 4.39 Å². The number of rotatable bonds is 4. The minimum atomic E-state index is -0.236. The molecule has 5 nitrogen and oxygen atoms in total. The van der Waals surface area contributed by atoms with E-state index in [1.807, 2.05) is 12.4 Å². The lowest BCUT2D eigenvalue weighted by molar-refractivity contribution is 0.178. The Morgan fingerprint density at radius 2 is 2.00 bits per heavy atom. The second-order valence-electron chi connectivity index (χ2n) is 5.98. The average Bonchev–Trinajstić information content (AvgIpc) is 2.58. The Hall–Kier alpha value is -2.08. The van der Waals surface area contributed by atoms with Gasteiger partial charge in [-0.05, 0) is 25.0 Å². The Labute approximate surface area is 136 Å². The summed E-state index contributed by atoms with van der Waals surface area (Å²) in [4.78, 5) is 17.2. The lowest BCUT2D eigenvalue weighted by Crippen LogP contribution is -2.52. The van der Waals surface area contributed by atoms with Gasteiger partial charge in [-0.1, -0.05) is 6.92 Å². The summed E-state index contributed by atoms with van der Waals surface area (Å²) in [5.74, 6) is 0.546. The molecule has 3 heterocycles. The Balaban J connectivity index is 1.63. The van der Waals surface area contributed by atoms with Gasteiger partial charge in [-0.3, -0.25) is 9.88 Å². The third-order valence-corrected chi connectivity index (χ3v) is 4.38. The van der Waals surface area contributed by atoms with E-state index in [4.69, 9.17) is 0 Å². The van der Waals surface area contributed by atoms with Crippen LogP contribution in [-0.4, -0.2) is 45.5 Å². The lowest BCUT2D eigenvalue weighted by atomic mass is 10.1. The van der Waals surface area contributed by atoms with Crippen LogP contribution in [0.1, 0.15) is 25.0 Å². The molecule has 0 bridgehead atoms. The van der Waals surface area contributed by atoms with E-state index in [-0.39, 0.29) is 5.82 Å². The molecule has 2 aromatic heterocycles. The zero-order chi connectivity index (χ0) is 16.2. The van der Waals surface area contributed by atoms with Crippen molar-refractivity contribution in [2.24, 2.45) is 0 Å². The number of pyridine rings is 1. The Morgan fingerprint density at radius 3 is 2.65 bits per heavy atom. The first-order valence-corrected chi connectivity index (χ1v) is 8.05. The highest BCUT2D eigenvalue weighted by atomic mass is 19.1. The quantitative estimate of drug-likeness (QED) is 0.866. The van der Waals surface area contributed by atoms with Gasteiger partial charge in [-0.2, -0.15) is 0 Å². The molecule has 0 aromatic carbocycles. The lowest BCUT2D eigenvalue weighted by Gasteiger charge is -2.39. The molecule has 0 saturated carbocycles. The van der Waals surface area contributed by atoms with Crippen molar-refractivity contribution in [2.75, 3.05) is 24.5 Å². The normalized spacial score (nSPS) is 19.1. The molecular formula is C17H22FN5. The van der Waals surface area contributed by atoms with Gasteiger partial charge < -0.3 is 4.90 Å². The molecule has 0 N–H and O–H groups in total. The van der Waals surface area contributed by atoms with Crippen molar-refractivity contribution in [3.05, 3.63) is 47.8 Å². The van der Waals surface area contributed by atoms with Crippen molar-refractivity contribution in [3.8, 4) is 0 Å². The Kier molecular flexibility index (Phi) is 4.81. The van der Waals surface area contributed by atoms with Gasteiger partial charge in [0.05, 0.1) is 6.20 Å². The van der Waals surface area contributed by atoms with Crippen LogP contribution in [-0.2, 0) is 13.0 Å². The molecule has 1 fully saturated rings. The number of hydrogen-bond acceptors (Lipinski definition) is 5. The van der Waals surface area contributed by atoms with Crippen LogP contribution in [0.4, 0.5) is 10.3 Å². The number of hydrogen-bond donors (Lipinski definition) is 0. The van der Waals surface area contributed by atoms with Crippen molar-refractivity contribution in [2.45, 2.75) is 32.9 Å². The first-order chi connectivity index (χ1) is 11.2. The zero-order valence-corrected chi connectivity index (χ0v) is 13.6. The van der Waals surface area contributed by atoms with Gasteiger partial charge in [-0.25, -0.2) is 14.4 Å². The van der Waals surface area contributed by atoms with Gasteiger partial charge in [-0.15, -0.1) is 0 Å². The SMILES string of the molecule is CCc1cnc(N2CCN(Cc3ccncc3F)C(C)C2)nc1. The van der Waals surface area contributed by atoms with Crippen molar-refractivity contribution in [1.82, 2.24) is 19.9 Å². The van der Waals surface area contributed by atoms with Gasteiger partial charge >= 0.3 is 0 Å². The van der Waals surface area contributed by atoms with E-state index < -0.39 is 0 Å². The topological polar surface area (TPSA) is 45.2 Å². The number of aryl methyl sites for hydroxylation is 1. The van der Waals surface area contributed by atoms with Crippen molar-refractivity contribution in [1.29, 1.82) is 0 Å². The third-order valence-electron chi connectivity index (χ3n) is 4.38. The van der Waals surface area contributed by atoms with Crippen molar-refractivity contribution in [3.63, 3.8) is 0 Å². The number of halogens is 1. The van der Waals surface area contributed by atoms with Crippen LogP contribution in [0.2, 0.25) is 0 Å². The fourth-order valence-corrected chi connectivity index (χ4v) is 2.86. The zero-order valence-electron chi connectivity index (χ0n) is 13.6. The van der Waals surface area contributed by atoms with Crippen LogP contribution in [0.5, 0.6) is 0 Å². The maximum atomic E-state index is 13.8. The van der Waals surface area contributed by atoms with E-state index in [9.17, 15) is 4.39 Å². The van der Waals surface area contributed by atoms with Gasteiger partial charge in [0.1, 0.15) is 5.82 Å². The highest BCUT2D eigenvalue weighted by Crippen LogP contribution is 2.18. The maximum absolute atomic E-state index is 13.8. The molecule has 3 rings (SSSR count). The average molecular weight is 315 g/mol. The Bertz CT molecular complexity index is 646. The molecule has 122 valence electrons. The summed E-state index contributed by atoms with van der Waals surface area (Å²) < 4.78 is 13.8. The largest absolute Gasteiger partial charge is 0.338 e. The van der Waals surface area contributed by atoms with Crippen LogP contribution < -0.4 is 4.90 Å². The molecule has 23 heavy (non-hydrogen) atoms. The molecule has 0 amide bonds. The predicted octanol–water partition coefficient (Wildman–Crippen LogP) is 2.28. The van der Waals surface area contributed by atoms with Crippen LogP contribution in [0.15, 0.2) is 30.9 Å². The monoisotopic (exact) mass is 315 g/mol. The molecule has 0 spiro atoms. The first kappa shape index (κ1) is 15.8. The van der Waals surface area contributed by atoms with Gasteiger partial charge in [0.2, 0.25) is 5.95 Å². The standard InChI is InChI=1S/C17H22FN5/c1-3-14-8-20-17(21-9-14)23-7-6-22(13(2)11-23)12-15-4-5-19-10-16(15)18/h4-5,8-10,13H,3,6-7,11-12H2,1-2H3. The Morgan fingerprint density at radius 1 is 1.22 bits per heavy atom. The molecule has 6 heteroatoms. The summed E-state index contributed by atoms with van der Waals surface area (Å²) >= 11 is 0. The van der Waals surface area contributed by atoms with Crippen LogP contribution >= 0.6 is 0 Å². The first-order valence-electron chi connectivity index (χ1n) is 8.05. The molecule has 1 unspecified atom stereocenters. The molecule has 1 saturated heterocycles. The van der Waals surface area contributed by atoms with Gasteiger partial charge in [0.25, 0.3) is 0 Å². The van der Waals surface area contributed by atoms with E-state index >= 15 is 0 Å². The fraction of sp³-hybridized carbons (Fsp3) is 0.471. The molecule has 1 aliphatic heterocycles. The van der Waals surface area contributed by atoms with Crippen molar-refractivity contribution >= 4 is 5.95 Å². The summed E-state index contributed by atoms with van der Waals surface area (Å²) in [5, 5.41) is 0. The second-order valence-corrected chi connectivity index (χ2v) is 5.98. The third kappa shape index (κ3) is 3.64. The molecule has 0 aliphatic carbocycles. The molecule has 2 aromatic rings. The van der Waals surface area contributed by atoms with Gasteiger partial charge in [0.15, 0.2) is 0 Å². The van der Waals surface area contributed by atoms with E-state index in [0.29, 0.717) is 18.2 Å². The van der Waals surface area contributed by atoms with Crippen LogP contribution in [0.25, 0.3) is 0 Å². The molecule has 0 radical (unpaired) electrons. The van der Waals surface area contributed by atoms with Crippen LogP contribution in [0, 0.1) is 5.82 Å². The number of nitrogens with zero attached hydrogens (tertiary/aromatic N) is 5. The van der Waals surface area contributed by atoms with Gasteiger partial charge in [0, 0.05) is 56.4 Å². The van der Waals surface area contributed by atoms with E-state index in [0.717, 1.165) is 37.6 Å². The summed E-state index contributed by atoms with van der Waals surface area (Å²) in [6, 6.07) is 2.06. The highest BCUT2D eigenvalue weighted by molar-refractivity contribution is 5.31. The summed E-state index contributed by atoms with van der Waals surface area (Å²) in [6.45, 7) is 7.42. The number of aromatic nitrogens is 3. The summed E-state index contributed by atoms with van der Waals surface area (Å²) in [7, 11) is 0. The summed E-state index contributed by atoms with van der Waals surface area (Å²) in [5.41, 5.74) is 1.84. The number of piperazine rings is 1. The minimum Gasteiger partial charge on any atom is -0.338 e. The number of anilines is 1. The maximum Gasteiger partial charge on any atom is 0.225 e. The molecule has 1 aliphatic rings. The van der Waals surface area contributed by atoms with E-state index in [1.54, 1.807) is 12.3 Å². The minimum absolute atomic E-state index is 0.236. The highest BCUT2D eigenvalue weighted by Gasteiger charge is 2.25. The molecular weight excluding hydrogens is 293 g/mol. The summed E-state index contributed by atoms with van der Waals surface area (Å²) in [6.07, 6.45) is 7.65. The smallest absolute Gasteiger partial charge is 0.225 e. The van der Waals surface area contributed by atoms with Crippen LogP contribution in [0.3, 0.4) is 0 Å². The fourth-order valence-electron chi connectivity index (χ4n) is 2.86. The molecule has 1 atom stereocenters. The second kappa shape index (κ2) is 7.00. The van der Waals surface area contributed by atoms with E-state index in [1.165, 1.54) is 6.20 Å². The van der Waals surface area contributed by atoms with E-state index in [2.05, 4.69) is 38.6 Å².